The lowest BCUT2D eigenvalue weighted by atomic mass is 10.1. The second-order valence-corrected chi connectivity index (χ2v) is 5.15. The van der Waals surface area contributed by atoms with E-state index in [1.54, 1.807) is 24.3 Å². The zero-order valence-corrected chi connectivity index (χ0v) is 12.4. The summed E-state index contributed by atoms with van der Waals surface area (Å²) in [7, 11) is 0. The van der Waals surface area contributed by atoms with Gasteiger partial charge in [0.25, 0.3) is 11.8 Å². The fraction of sp³-hybridized carbons (Fsp3) is 0.438. The summed E-state index contributed by atoms with van der Waals surface area (Å²) in [5.74, 6) is -1.83. The number of amides is 2. The Morgan fingerprint density at radius 3 is 2.32 bits per heavy atom. The molecule has 1 aromatic rings. The Morgan fingerprint density at radius 2 is 1.82 bits per heavy atom. The van der Waals surface area contributed by atoms with Gasteiger partial charge in [0.15, 0.2) is 6.10 Å². The Hall–Kier alpha value is -2.21. The number of unbranched alkanes of at least 4 members (excludes halogenated alkanes) is 1. The van der Waals surface area contributed by atoms with Gasteiger partial charge in [-0.05, 0) is 18.6 Å². The molecule has 1 heterocycles. The van der Waals surface area contributed by atoms with Gasteiger partial charge < -0.3 is 9.84 Å². The van der Waals surface area contributed by atoms with Gasteiger partial charge in [0.05, 0.1) is 11.1 Å². The van der Waals surface area contributed by atoms with Gasteiger partial charge >= 0.3 is 5.97 Å². The summed E-state index contributed by atoms with van der Waals surface area (Å²) in [4.78, 5) is 36.6. The number of hydrogen-bond acceptors (Lipinski definition) is 4. The van der Waals surface area contributed by atoms with E-state index in [0.717, 1.165) is 17.7 Å². The molecule has 2 amide bonds. The molecule has 1 aliphatic heterocycles. The quantitative estimate of drug-likeness (QED) is 0.586. The number of fused-ring (bicyclic) bond motifs is 1. The maximum absolute atomic E-state index is 12.2. The van der Waals surface area contributed by atoms with Crippen molar-refractivity contribution in [2.24, 2.45) is 0 Å². The van der Waals surface area contributed by atoms with Crippen molar-refractivity contribution in [1.29, 1.82) is 0 Å². The van der Waals surface area contributed by atoms with Crippen molar-refractivity contribution in [3.63, 3.8) is 0 Å². The highest BCUT2D eigenvalue weighted by molar-refractivity contribution is 6.21. The summed E-state index contributed by atoms with van der Waals surface area (Å²) in [6, 6.07) is 6.59. The molecule has 0 fully saturated rings. The summed E-state index contributed by atoms with van der Waals surface area (Å²) in [6.45, 7) is 2.38. The van der Waals surface area contributed by atoms with Crippen LogP contribution in [0, 0.1) is 0 Å². The summed E-state index contributed by atoms with van der Waals surface area (Å²) in [6.07, 6.45) is 0.766. The Labute approximate surface area is 128 Å². The van der Waals surface area contributed by atoms with Crippen LogP contribution in [-0.4, -0.2) is 47.0 Å². The highest BCUT2D eigenvalue weighted by Crippen LogP contribution is 2.22. The normalized spacial score (nSPS) is 15.0. The van der Waals surface area contributed by atoms with Gasteiger partial charge in [0.2, 0.25) is 0 Å². The van der Waals surface area contributed by atoms with E-state index >= 15 is 0 Å². The first-order valence-electron chi connectivity index (χ1n) is 7.36. The predicted octanol–water partition coefficient (Wildman–Crippen LogP) is 1.94. The number of rotatable bonds is 8. The highest BCUT2D eigenvalue weighted by Gasteiger charge is 2.35. The third-order valence-corrected chi connectivity index (χ3v) is 3.59. The minimum absolute atomic E-state index is 0.0371. The molecule has 22 heavy (non-hydrogen) atoms. The summed E-state index contributed by atoms with van der Waals surface area (Å²) < 4.78 is 5.30. The SMILES string of the molecule is CCCCO[C@@H](CCN1C(=O)c2ccccc2C1=O)C(=O)O. The van der Waals surface area contributed by atoms with E-state index in [1.165, 1.54) is 0 Å². The van der Waals surface area contributed by atoms with Gasteiger partial charge in [-0.15, -0.1) is 0 Å². The molecule has 0 saturated carbocycles. The molecular weight excluding hydrogens is 286 g/mol. The van der Waals surface area contributed by atoms with Crippen molar-refractivity contribution < 1.29 is 24.2 Å². The van der Waals surface area contributed by atoms with Crippen LogP contribution in [-0.2, 0) is 9.53 Å². The molecule has 6 nitrogen and oxygen atoms in total. The first-order valence-corrected chi connectivity index (χ1v) is 7.36. The molecule has 1 aromatic carbocycles. The van der Waals surface area contributed by atoms with Crippen LogP contribution >= 0.6 is 0 Å². The van der Waals surface area contributed by atoms with E-state index < -0.39 is 12.1 Å². The smallest absolute Gasteiger partial charge is 0.332 e. The Bertz CT molecular complexity index is 549. The maximum atomic E-state index is 12.2. The number of benzene rings is 1. The second-order valence-electron chi connectivity index (χ2n) is 5.15. The molecule has 1 atom stereocenters. The van der Waals surface area contributed by atoms with Gasteiger partial charge in [-0.1, -0.05) is 25.5 Å². The Kier molecular flexibility index (Phi) is 5.27. The molecule has 0 radical (unpaired) electrons. The van der Waals surface area contributed by atoms with Crippen molar-refractivity contribution >= 4 is 17.8 Å². The van der Waals surface area contributed by atoms with E-state index in [0.29, 0.717) is 17.7 Å². The molecule has 0 unspecified atom stereocenters. The van der Waals surface area contributed by atoms with Gasteiger partial charge in [-0.25, -0.2) is 4.79 Å². The molecule has 0 aliphatic carbocycles. The lowest BCUT2D eigenvalue weighted by molar-refractivity contribution is -0.151. The summed E-state index contributed by atoms with van der Waals surface area (Å²) in [5.41, 5.74) is 0.734. The Morgan fingerprint density at radius 1 is 1.23 bits per heavy atom. The lowest BCUT2D eigenvalue weighted by Crippen LogP contribution is -2.35. The van der Waals surface area contributed by atoms with Crippen molar-refractivity contribution in [3.05, 3.63) is 35.4 Å². The molecule has 6 heteroatoms. The first-order chi connectivity index (χ1) is 10.6. The zero-order valence-electron chi connectivity index (χ0n) is 12.4. The molecular formula is C16H19NO5. The van der Waals surface area contributed by atoms with E-state index in [1.807, 2.05) is 6.92 Å². The molecule has 1 N–H and O–H groups in total. The molecule has 1 aliphatic rings. The van der Waals surface area contributed by atoms with Gasteiger partial charge in [0, 0.05) is 19.6 Å². The van der Waals surface area contributed by atoms with Crippen molar-refractivity contribution in [2.45, 2.75) is 32.3 Å². The summed E-state index contributed by atoms with van der Waals surface area (Å²) >= 11 is 0. The zero-order chi connectivity index (χ0) is 16.1. The Balaban J connectivity index is 1.98. The molecule has 0 spiro atoms. The lowest BCUT2D eigenvalue weighted by Gasteiger charge is -2.18. The number of nitrogens with zero attached hydrogens (tertiary/aromatic N) is 1. The average molecular weight is 305 g/mol. The van der Waals surface area contributed by atoms with Crippen LogP contribution in [0.1, 0.15) is 46.9 Å². The van der Waals surface area contributed by atoms with Crippen LogP contribution in [0.15, 0.2) is 24.3 Å². The van der Waals surface area contributed by atoms with Crippen molar-refractivity contribution in [2.75, 3.05) is 13.2 Å². The van der Waals surface area contributed by atoms with Crippen molar-refractivity contribution in [1.82, 2.24) is 4.90 Å². The van der Waals surface area contributed by atoms with Crippen molar-refractivity contribution in [3.8, 4) is 0 Å². The molecule has 0 saturated heterocycles. The predicted molar refractivity (Wildman–Crippen MR) is 78.7 cm³/mol. The monoisotopic (exact) mass is 305 g/mol. The number of carboxylic acid groups (broad SMARTS) is 1. The number of imide groups is 1. The van der Waals surface area contributed by atoms with Gasteiger partial charge in [-0.2, -0.15) is 0 Å². The average Bonchev–Trinajstić information content (AvgIpc) is 2.75. The molecule has 0 bridgehead atoms. The van der Waals surface area contributed by atoms with Crippen LogP contribution in [0.25, 0.3) is 0 Å². The van der Waals surface area contributed by atoms with Gasteiger partial charge in [0.1, 0.15) is 0 Å². The number of ether oxygens (including phenoxy) is 1. The number of carboxylic acids is 1. The fourth-order valence-electron chi connectivity index (χ4n) is 2.34. The third kappa shape index (κ3) is 3.33. The van der Waals surface area contributed by atoms with Crippen LogP contribution < -0.4 is 0 Å². The molecule has 0 aromatic heterocycles. The second kappa shape index (κ2) is 7.17. The fourth-order valence-corrected chi connectivity index (χ4v) is 2.34. The van der Waals surface area contributed by atoms with Crippen LogP contribution in [0.4, 0.5) is 0 Å². The topological polar surface area (TPSA) is 83.9 Å². The van der Waals surface area contributed by atoms with E-state index in [-0.39, 0.29) is 24.8 Å². The first kappa shape index (κ1) is 16.2. The maximum Gasteiger partial charge on any atom is 0.332 e. The largest absolute Gasteiger partial charge is 0.479 e. The minimum atomic E-state index is -1.08. The third-order valence-electron chi connectivity index (χ3n) is 3.59. The van der Waals surface area contributed by atoms with Crippen LogP contribution in [0.3, 0.4) is 0 Å². The van der Waals surface area contributed by atoms with E-state index in [9.17, 15) is 14.4 Å². The standard InChI is InChI=1S/C16H19NO5/c1-2-3-10-22-13(16(20)21)8-9-17-14(18)11-6-4-5-7-12(11)15(17)19/h4-7,13H,2-3,8-10H2,1H3,(H,20,21)/t13-/m0/s1. The summed E-state index contributed by atoms with van der Waals surface area (Å²) in [5, 5.41) is 9.14. The van der Waals surface area contributed by atoms with Crippen LogP contribution in [0.2, 0.25) is 0 Å². The number of hydrogen-bond donors (Lipinski definition) is 1. The van der Waals surface area contributed by atoms with Gasteiger partial charge in [-0.3, -0.25) is 14.5 Å². The van der Waals surface area contributed by atoms with Crippen LogP contribution in [0.5, 0.6) is 0 Å². The number of carbonyl (C=O) groups excluding carboxylic acids is 2. The number of aliphatic carboxylic acids is 1. The number of carbonyl (C=O) groups is 3. The highest BCUT2D eigenvalue weighted by atomic mass is 16.5. The van der Waals surface area contributed by atoms with E-state index in [2.05, 4.69) is 0 Å². The van der Waals surface area contributed by atoms with E-state index in [4.69, 9.17) is 9.84 Å². The molecule has 2 rings (SSSR count). The minimum Gasteiger partial charge on any atom is -0.479 e. The molecule has 118 valence electrons.